The van der Waals surface area contributed by atoms with Crippen LogP contribution < -0.4 is 4.72 Å². The third kappa shape index (κ3) is 3.61. The number of methoxy groups -OCH3 is 1. The van der Waals surface area contributed by atoms with E-state index in [1.54, 1.807) is 0 Å². The molecule has 0 bridgehead atoms. The Kier molecular flexibility index (Phi) is 5.01. The first-order chi connectivity index (χ1) is 7.47. The first kappa shape index (κ1) is 13.7. The van der Waals surface area contributed by atoms with E-state index in [2.05, 4.69) is 4.72 Å². The lowest BCUT2D eigenvalue weighted by Crippen LogP contribution is -2.27. The molecule has 16 heavy (non-hydrogen) atoms. The van der Waals surface area contributed by atoms with Crippen molar-refractivity contribution in [1.29, 1.82) is 0 Å². The molecule has 0 aromatic heterocycles. The molecule has 1 N–H and O–H groups in total. The smallest absolute Gasteiger partial charge is 0.242 e. The minimum Gasteiger partial charge on any atom is -0.383 e. The summed E-state index contributed by atoms with van der Waals surface area (Å²) in [6.07, 6.45) is 0. The van der Waals surface area contributed by atoms with Crippen LogP contribution in [0.3, 0.4) is 0 Å². The average Bonchev–Trinajstić information content (AvgIpc) is 2.22. The summed E-state index contributed by atoms with van der Waals surface area (Å²) in [6, 6.07) is 4.27. The minimum absolute atomic E-state index is 0.0298. The normalized spacial score (nSPS) is 11.7. The molecule has 0 unspecified atom stereocenters. The Balaban J connectivity index is 2.93. The second-order valence-electron chi connectivity index (χ2n) is 2.97. The van der Waals surface area contributed by atoms with Crippen molar-refractivity contribution in [2.45, 2.75) is 4.90 Å². The van der Waals surface area contributed by atoms with Crippen molar-refractivity contribution >= 4 is 33.2 Å². The van der Waals surface area contributed by atoms with Crippen LogP contribution in [0.15, 0.2) is 23.1 Å². The summed E-state index contributed by atoms with van der Waals surface area (Å²) in [6.45, 7) is 0.471. The highest BCUT2D eigenvalue weighted by atomic mass is 35.5. The summed E-state index contributed by atoms with van der Waals surface area (Å²) >= 11 is 11.5. The van der Waals surface area contributed by atoms with Crippen molar-refractivity contribution in [3.05, 3.63) is 28.2 Å². The van der Waals surface area contributed by atoms with Gasteiger partial charge in [0, 0.05) is 18.7 Å². The van der Waals surface area contributed by atoms with Gasteiger partial charge < -0.3 is 4.74 Å². The van der Waals surface area contributed by atoms with Crippen molar-refractivity contribution < 1.29 is 13.2 Å². The van der Waals surface area contributed by atoms with Crippen LogP contribution in [-0.4, -0.2) is 28.7 Å². The predicted molar refractivity (Wildman–Crippen MR) is 63.5 cm³/mol. The number of ether oxygens (including phenoxy) is 1. The second kappa shape index (κ2) is 5.84. The quantitative estimate of drug-likeness (QED) is 0.840. The Morgan fingerprint density at radius 2 is 2.06 bits per heavy atom. The van der Waals surface area contributed by atoms with E-state index in [1.165, 1.54) is 25.3 Å². The van der Waals surface area contributed by atoms with E-state index < -0.39 is 10.0 Å². The average molecular weight is 284 g/mol. The lowest BCUT2D eigenvalue weighted by molar-refractivity contribution is 0.204. The molecule has 0 radical (unpaired) electrons. The molecule has 1 aromatic carbocycles. The molecule has 0 fully saturated rings. The van der Waals surface area contributed by atoms with Crippen LogP contribution in [-0.2, 0) is 14.8 Å². The largest absolute Gasteiger partial charge is 0.383 e. The molecule has 0 atom stereocenters. The van der Waals surface area contributed by atoms with E-state index in [9.17, 15) is 8.42 Å². The van der Waals surface area contributed by atoms with E-state index in [4.69, 9.17) is 27.9 Å². The van der Waals surface area contributed by atoms with Crippen LogP contribution >= 0.6 is 23.2 Å². The summed E-state index contributed by atoms with van der Waals surface area (Å²) in [5, 5.41) is 0.450. The summed E-state index contributed by atoms with van der Waals surface area (Å²) in [5.74, 6) is 0. The number of benzene rings is 1. The Morgan fingerprint density at radius 3 is 2.69 bits per heavy atom. The van der Waals surface area contributed by atoms with Crippen molar-refractivity contribution in [2.24, 2.45) is 0 Å². The Morgan fingerprint density at radius 1 is 1.38 bits per heavy atom. The molecule has 4 nitrogen and oxygen atoms in total. The van der Waals surface area contributed by atoms with Gasteiger partial charge in [0.2, 0.25) is 10.0 Å². The highest BCUT2D eigenvalue weighted by Crippen LogP contribution is 2.24. The van der Waals surface area contributed by atoms with Gasteiger partial charge in [-0.25, -0.2) is 13.1 Å². The number of hydrogen-bond acceptors (Lipinski definition) is 3. The zero-order chi connectivity index (χ0) is 12.2. The Labute approximate surface area is 105 Å². The van der Waals surface area contributed by atoms with Crippen LogP contribution in [0.1, 0.15) is 0 Å². The van der Waals surface area contributed by atoms with Gasteiger partial charge in [-0.15, -0.1) is 0 Å². The van der Waals surface area contributed by atoms with Gasteiger partial charge in [0.15, 0.2) is 0 Å². The summed E-state index contributed by atoms with van der Waals surface area (Å²) in [4.78, 5) is -0.0298. The molecule has 0 saturated heterocycles. The Hall–Kier alpha value is -0.330. The molecule has 0 saturated carbocycles. The van der Waals surface area contributed by atoms with E-state index in [0.29, 0.717) is 5.02 Å². The van der Waals surface area contributed by atoms with Crippen molar-refractivity contribution in [1.82, 2.24) is 4.72 Å². The van der Waals surface area contributed by atoms with Gasteiger partial charge in [0.1, 0.15) is 4.90 Å². The molecule has 0 heterocycles. The standard InChI is InChI=1S/C9H11Cl2NO3S/c1-15-5-4-12-16(13,14)9-6-7(10)2-3-8(9)11/h2-3,6,12H,4-5H2,1H3. The predicted octanol–water partition coefficient (Wildman–Crippen LogP) is 1.92. The van der Waals surface area contributed by atoms with Crippen molar-refractivity contribution in [2.75, 3.05) is 20.3 Å². The lowest BCUT2D eigenvalue weighted by atomic mass is 10.4. The van der Waals surface area contributed by atoms with E-state index in [0.717, 1.165) is 0 Å². The lowest BCUT2D eigenvalue weighted by Gasteiger charge is -2.08. The SMILES string of the molecule is COCCNS(=O)(=O)c1cc(Cl)ccc1Cl. The third-order valence-corrected chi connectivity index (χ3v) is 3.96. The van der Waals surface area contributed by atoms with Crippen LogP contribution in [0.2, 0.25) is 10.0 Å². The van der Waals surface area contributed by atoms with Crippen molar-refractivity contribution in [3.8, 4) is 0 Å². The molecule has 0 aliphatic rings. The second-order valence-corrected chi connectivity index (χ2v) is 5.54. The van der Waals surface area contributed by atoms with Gasteiger partial charge in [-0.1, -0.05) is 23.2 Å². The molecule has 90 valence electrons. The van der Waals surface area contributed by atoms with Crippen LogP contribution in [0.5, 0.6) is 0 Å². The molecule has 0 aliphatic heterocycles. The first-order valence-electron chi connectivity index (χ1n) is 4.41. The molecule has 0 spiro atoms. The fourth-order valence-corrected chi connectivity index (χ4v) is 2.81. The van der Waals surface area contributed by atoms with Crippen LogP contribution in [0, 0.1) is 0 Å². The number of nitrogens with one attached hydrogen (secondary N) is 1. The summed E-state index contributed by atoms with van der Waals surface area (Å²) < 4.78 is 30.6. The first-order valence-corrected chi connectivity index (χ1v) is 6.65. The summed E-state index contributed by atoms with van der Waals surface area (Å²) in [7, 11) is -2.15. The summed E-state index contributed by atoms with van der Waals surface area (Å²) in [5.41, 5.74) is 0. The van der Waals surface area contributed by atoms with Crippen LogP contribution in [0.25, 0.3) is 0 Å². The van der Waals surface area contributed by atoms with E-state index >= 15 is 0 Å². The number of sulfonamides is 1. The number of halogens is 2. The molecule has 7 heteroatoms. The maximum atomic E-state index is 11.8. The van der Waals surface area contributed by atoms with Crippen LogP contribution in [0.4, 0.5) is 0 Å². The highest BCUT2D eigenvalue weighted by molar-refractivity contribution is 7.89. The van der Waals surface area contributed by atoms with Gasteiger partial charge in [-0.2, -0.15) is 0 Å². The fraction of sp³-hybridized carbons (Fsp3) is 0.333. The molecule has 0 aliphatic carbocycles. The zero-order valence-corrected chi connectivity index (χ0v) is 10.9. The topological polar surface area (TPSA) is 55.4 Å². The van der Waals surface area contributed by atoms with Gasteiger partial charge in [0.25, 0.3) is 0 Å². The van der Waals surface area contributed by atoms with Gasteiger partial charge in [-0.3, -0.25) is 0 Å². The minimum atomic E-state index is -3.63. The van der Waals surface area contributed by atoms with E-state index in [-0.39, 0.29) is 23.1 Å². The monoisotopic (exact) mass is 283 g/mol. The Bertz CT molecular complexity index is 462. The fourth-order valence-electron chi connectivity index (χ4n) is 1.04. The molecule has 1 aromatic rings. The number of rotatable bonds is 5. The number of hydrogen-bond donors (Lipinski definition) is 1. The van der Waals surface area contributed by atoms with E-state index in [1.807, 2.05) is 0 Å². The third-order valence-electron chi connectivity index (χ3n) is 1.78. The van der Waals surface area contributed by atoms with Crippen molar-refractivity contribution in [3.63, 3.8) is 0 Å². The maximum Gasteiger partial charge on any atom is 0.242 e. The zero-order valence-electron chi connectivity index (χ0n) is 8.54. The molecular weight excluding hydrogens is 273 g/mol. The van der Waals surface area contributed by atoms with Gasteiger partial charge >= 0.3 is 0 Å². The maximum absolute atomic E-state index is 11.8. The molecular formula is C9H11Cl2NO3S. The highest BCUT2D eigenvalue weighted by Gasteiger charge is 2.17. The van der Waals surface area contributed by atoms with Gasteiger partial charge in [0.05, 0.1) is 11.6 Å². The van der Waals surface area contributed by atoms with Gasteiger partial charge in [-0.05, 0) is 18.2 Å². The molecule has 1 rings (SSSR count). The molecule has 0 amide bonds.